The van der Waals surface area contributed by atoms with E-state index in [1.54, 1.807) is 0 Å². The molecule has 3 atom stereocenters. The van der Waals surface area contributed by atoms with Gasteiger partial charge in [0.05, 0.1) is 6.04 Å². The number of aromatic hydroxyl groups is 1. The fraction of sp³-hybridized carbons (Fsp3) is 0.265. The second-order valence-electron chi connectivity index (χ2n) is 10.8. The Morgan fingerprint density at radius 2 is 1.36 bits per heavy atom. The van der Waals surface area contributed by atoms with Crippen LogP contribution in [0.15, 0.2) is 108 Å². The molecule has 2 bridgehead atoms. The van der Waals surface area contributed by atoms with E-state index in [4.69, 9.17) is 22.0 Å². The molecular formula is C34H33Cl2NOZr. The van der Waals surface area contributed by atoms with E-state index in [1.165, 1.54) is 25.7 Å². The van der Waals surface area contributed by atoms with E-state index >= 15 is 0 Å². The number of rotatable bonds is 6. The van der Waals surface area contributed by atoms with Crippen LogP contribution in [0.3, 0.4) is 0 Å². The van der Waals surface area contributed by atoms with Crippen molar-refractivity contribution in [2.24, 2.45) is 16.8 Å². The van der Waals surface area contributed by atoms with Crippen molar-refractivity contribution in [1.29, 1.82) is 0 Å². The van der Waals surface area contributed by atoms with E-state index in [0.29, 0.717) is 17.7 Å². The average Bonchev–Trinajstić information content (AvgIpc) is 3.62. The molecule has 0 spiro atoms. The minimum atomic E-state index is -0.826. The van der Waals surface area contributed by atoms with Gasteiger partial charge in [0, 0.05) is 22.8 Å². The Hall–Kier alpha value is -2.19. The molecule has 198 valence electrons. The number of aliphatic imine (C=N–C) groups is 1. The topological polar surface area (TPSA) is 32.6 Å². The molecule has 2 saturated carbocycles. The molecule has 1 N–H and O–H groups in total. The Kier molecular flexibility index (Phi) is 9.44. The van der Waals surface area contributed by atoms with Crippen LogP contribution in [0.25, 0.3) is 11.1 Å². The summed E-state index contributed by atoms with van der Waals surface area (Å²) in [6, 6.07) is 36.1. The summed E-state index contributed by atoms with van der Waals surface area (Å²) in [5.41, 5.74) is 5.68. The SMILES string of the molecule is CC(c1ccccc1)(c1ccccc1)c1cc(-c2ccccc2)cc(C=NC2CC3CCC2C3)c1O.[Cl][Zr][Cl]. The van der Waals surface area contributed by atoms with Crippen LogP contribution in [0.2, 0.25) is 0 Å². The number of phenols is 1. The first-order valence-corrected chi connectivity index (χ1v) is 19.9. The van der Waals surface area contributed by atoms with Gasteiger partial charge in [-0.1, -0.05) is 97.4 Å². The normalized spacial score (nSPS) is 20.0. The fourth-order valence-electron chi connectivity index (χ4n) is 6.52. The molecule has 2 aliphatic carbocycles. The fourth-order valence-corrected chi connectivity index (χ4v) is 6.52. The van der Waals surface area contributed by atoms with Gasteiger partial charge in [0.25, 0.3) is 0 Å². The molecule has 5 heteroatoms. The van der Waals surface area contributed by atoms with Gasteiger partial charge in [-0.25, -0.2) is 0 Å². The van der Waals surface area contributed by atoms with Crippen LogP contribution in [0.1, 0.15) is 54.9 Å². The molecule has 0 saturated heterocycles. The summed E-state index contributed by atoms with van der Waals surface area (Å²) in [5, 5.41) is 11.8. The number of halogens is 2. The molecule has 3 unspecified atom stereocenters. The quantitative estimate of drug-likeness (QED) is 0.167. The summed E-state index contributed by atoms with van der Waals surface area (Å²) in [7, 11) is 9.87. The Morgan fingerprint density at radius 1 is 0.795 bits per heavy atom. The standard InChI is InChI=1S/C34H33NO.2ClH.Zr/c1-34(29-13-7-3-8-14-29,30-15-9-4-10-16-30)31-22-27(25-11-5-2-6-12-25)21-28(33(31)36)23-35-32-20-24-17-18-26(32)19-24;;;/h2-16,21-24,26,32,36H,17-20H2,1H3;2*1H;/q;;;+2/p-2. The molecule has 0 aliphatic heterocycles. The van der Waals surface area contributed by atoms with E-state index < -0.39 is 26.3 Å². The summed E-state index contributed by atoms with van der Waals surface area (Å²) < 4.78 is 0. The second kappa shape index (κ2) is 13.0. The van der Waals surface area contributed by atoms with Gasteiger partial charge in [0.1, 0.15) is 5.75 Å². The van der Waals surface area contributed by atoms with Gasteiger partial charge in [-0.05, 0) is 72.4 Å². The van der Waals surface area contributed by atoms with Crippen LogP contribution in [0.4, 0.5) is 0 Å². The van der Waals surface area contributed by atoms with Gasteiger partial charge in [-0.3, -0.25) is 4.99 Å². The predicted octanol–water partition coefficient (Wildman–Crippen LogP) is 9.40. The van der Waals surface area contributed by atoms with Crippen molar-refractivity contribution in [3.8, 4) is 16.9 Å². The van der Waals surface area contributed by atoms with Crippen molar-refractivity contribution in [1.82, 2.24) is 0 Å². The van der Waals surface area contributed by atoms with Crippen LogP contribution in [0, 0.1) is 11.8 Å². The van der Waals surface area contributed by atoms with E-state index in [0.717, 1.165) is 39.3 Å². The van der Waals surface area contributed by atoms with E-state index in [1.807, 2.05) is 24.4 Å². The van der Waals surface area contributed by atoms with Gasteiger partial charge >= 0.3 is 37.9 Å². The van der Waals surface area contributed by atoms with Gasteiger partial charge in [-0.15, -0.1) is 0 Å². The van der Waals surface area contributed by atoms with Crippen molar-refractivity contribution >= 4 is 23.2 Å². The van der Waals surface area contributed by atoms with Crippen LogP contribution in [-0.4, -0.2) is 17.4 Å². The first kappa shape index (κ1) is 28.3. The van der Waals surface area contributed by atoms with Crippen LogP contribution in [-0.2, 0) is 26.3 Å². The number of hydrogen-bond donors (Lipinski definition) is 1. The zero-order valence-corrected chi connectivity index (χ0v) is 26.1. The molecule has 4 aromatic carbocycles. The maximum absolute atomic E-state index is 11.8. The van der Waals surface area contributed by atoms with Crippen molar-refractivity contribution in [3.63, 3.8) is 0 Å². The summed E-state index contributed by atoms with van der Waals surface area (Å²) in [5.74, 6) is 1.87. The maximum atomic E-state index is 11.8. The van der Waals surface area contributed by atoms with Crippen LogP contribution >= 0.6 is 17.0 Å². The molecule has 2 nitrogen and oxygen atoms in total. The van der Waals surface area contributed by atoms with Gasteiger partial charge in [0.15, 0.2) is 0 Å². The minimum absolute atomic E-state index is 0.316. The first-order chi connectivity index (χ1) is 19.0. The molecule has 0 amide bonds. The van der Waals surface area contributed by atoms with Crippen molar-refractivity contribution in [2.45, 2.75) is 44.1 Å². The summed E-state index contributed by atoms with van der Waals surface area (Å²) in [4.78, 5) is 5.06. The third-order valence-corrected chi connectivity index (χ3v) is 8.59. The third kappa shape index (κ3) is 6.12. The Morgan fingerprint density at radius 3 is 1.87 bits per heavy atom. The Balaban J connectivity index is 0.000000983. The van der Waals surface area contributed by atoms with Gasteiger partial charge in [-0.2, -0.15) is 0 Å². The molecule has 4 aromatic rings. The van der Waals surface area contributed by atoms with Crippen molar-refractivity contribution < 1.29 is 26.0 Å². The molecule has 6 rings (SSSR count). The summed E-state index contributed by atoms with van der Waals surface area (Å²) in [6.45, 7) is 2.22. The number of fused-ring (bicyclic) bond motifs is 2. The first-order valence-electron chi connectivity index (χ1n) is 13.6. The Bertz CT molecular complexity index is 1360. The second-order valence-corrected chi connectivity index (χ2v) is 14.5. The zero-order valence-electron chi connectivity index (χ0n) is 22.1. The predicted molar refractivity (Wildman–Crippen MR) is 161 cm³/mol. The zero-order chi connectivity index (χ0) is 27.2. The average molecular weight is 634 g/mol. The molecule has 2 aliphatic rings. The number of nitrogens with zero attached hydrogens (tertiary/aromatic N) is 1. The van der Waals surface area contributed by atoms with E-state index in [9.17, 15) is 5.11 Å². The van der Waals surface area contributed by atoms with E-state index in [-0.39, 0.29) is 0 Å². The Labute approximate surface area is 250 Å². The molecule has 0 heterocycles. The molecule has 39 heavy (non-hydrogen) atoms. The number of benzene rings is 4. The monoisotopic (exact) mass is 631 g/mol. The van der Waals surface area contributed by atoms with Crippen molar-refractivity contribution in [2.75, 3.05) is 0 Å². The molecule has 2 fully saturated rings. The van der Waals surface area contributed by atoms with Crippen LogP contribution < -0.4 is 0 Å². The van der Waals surface area contributed by atoms with Crippen LogP contribution in [0.5, 0.6) is 5.75 Å². The van der Waals surface area contributed by atoms with Gasteiger partial charge < -0.3 is 5.11 Å². The number of phenolic OH excluding ortho intramolecular Hbond substituents is 1. The summed E-state index contributed by atoms with van der Waals surface area (Å²) >= 11 is -0.826. The molecule has 0 aromatic heterocycles. The third-order valence-electron chi connectivity index (χ3n) is 8.59. The molecule has 0 radical (unpaired) electrons. The summed E-state index contributed by atoms with van der Waals surface area (Å²) in [6.07, 6.45) is 7.13. The van der Waals surface area contributed by atoms with Gasteiger partial charge in [0.2, 0.25) is 0 Å². The molecular weight excluding hydrogens is 601 g/mol. The number of hydrogen-bond acceptors (Lipinski definition) is 2. The van der Waals surface area contributed by atoms with Crippen molar-refractivity contribution in [3.05, 3.63) is 125 Å². The van der Waals surface area contributed by atoms with E-state index in [2.05, 4.69) is 91.9 Å².